The molecule has 0 radical (unpaired) electrons. The third-order valence-corrected chi connectivity index (χ3v) is 10.1. The number of hydrogen-bond acceptors (Lipinski definition) is 1. The lowest BCUT2D eigenvalue weighted by molar-refractivity contribution is 0.486. The first-order valence-corrected chi connectivity index (χ1v) is 15.9. The molecule has 3 aliphatic rings. The molecule has 0 spiro atoms. The van der Waals surface area contributed by atoms with Crippen LogP contribution in [0.25, 0.3) is 72.8 Å². The first-order valence-electron chi connectivity index (χ1n) is 15.9. The van der Waals surface area contributed by atoms with E-state index in [1.807, 2.05) is 6.07 Å². The normalized spacial score (nSPS) is 16.0. The number of benzene rings is 6. The second kappa shape index (κ2) is 9.46. The molecule has 1 unspecified atom stereocenters. The van der Waals surface area contributed by atoms with E-state index in [1.54, 1.807) is 0 Å². The van der Waals surface area contributed by atoms with E-state index in [2.05, 4.69) is 133 Å². The minimum Gasteiger partial charge on any atom is -0.456 e. The molecular weight excluding hydrogens is 544 g/mol. The molecule has 45 heavy (non-hydrogen) atoms. The predicted octanol–water partition coefficient (Wildman–Crippen LogP) is 9.80. The van der Waals surface area contributed by atoms with Crippen molar-refractivity contribution in [2.24, 2.45) is 5.92 Å². The zero-order valence-corrected chi connectivity index (χ0v) is 24.7. The Bertz CT molecular complexity index is 2550. The van der Waals surface area contributed by atoms with Crippen molar-refractivity contribution in [2.75, 3.05) is 0 Å². The minimum absolute atomic E-state index is 0.416. The Kier molecular flexibility index (Phi) is 5.22. The fourth-order valence-electron chi connectivity index (χ4n) is 7.91. The fourth-order valence-corrected chi connectivity index (χ4v) is 7.91. The van der Waals surface area contributed by atoms with Crippen LogP contribution in [0.5, 0.6) is 11.5 Å². The molecule has 7 aromatic carbocycles. The van der Waals surface area contributed by atoms with Gasteiger partial charge in [0.05, 0.1) is 0 Å². The molecule has 1 aliphatic heterocycles. The maximum atomic E-state index is 6.49. The Morgan fingerprint density at radius 2 is 1.58 bits per heavy atom. The van der Waals surface area contributed by atoms with Gasteiger partial charge in [0.25, 0.3) is 0 Å². The molecule has 0 saturated heterocycles. The highest BCUT2D eigenvalue weighted by Crippen LogP contribution is 2.49. The molecule has 1 heterocycles. The van der Waals surface area contributed by atoms with Crippen LogP contribution in [0.4, 0.5) is 0 Å². The van der Waals surface area contributed by atoms with Gasteiger partial charge in [0.2, 0.25) is 0 Å². The average molecular weight is 573 g/mol. The van der Waals surface area contributed by atoms with Gasteiger partial charge in [0, 0.05) is 22.3 Å². The Morgan fingerprint density at radius 1 is 0.667 bits per heavy atom. The summed E-state index contributed by atoms with van der Waals surface area (Å²) in [7, 11) is 0. The van der Waals surface area contributed by atoms with Crippen LogP contribution >= 0.6 is 0 Å². The van der Waals surface area contributed by atoms with Crippen molar-refractivity contribution >= 4 is 50.5 Å². The van der Waals surface area contributed by atoms with Crippen molar-refractivity contribution in [1.29, 1.82) is 0 Å². The van der Waals surface area contributed by atoms with Gasteiger partial charge in [-0.3, -0.25) is 0 Å². The SMILES string of the molecule is c1ccc2c(c#1)ccc1cc(-c3ccc4c(c3)=CCC(C3=Cc5cc6c7c(cccc7c5CC3)-c3ccccc3O6)C=4)ccc12. The lowest BCUT2D eigenvalue weighted by Gasteiger charge is -2.27. The Hall–Kier alpha value is -5.58. The molecule has 7 aromatic rings. The van der Waals surface area contributed by atoms with Gasteiger partial charge in [-0.1, -0.05) is 103 Å². The van der Waals surface area contributed by atoms with E-state index in [1.165, 1.54) is 76.3 Å². The summed E-state index contributed by atoms with van der Waals surface area (Å²) in [5.41, 5.74) is 9.26. The van der Waals surface area contributed by atoms with Crippen molar-refractivity contribution in [3.8, 4) is 33.8 Å². The van der Waals surface area contributed by atoms with Gasteiger partial charge in [-0.05, 0) is 122 Å². The zero-order valence-electron chi connectivity index (χ0n) is 24.7. The van der Waals surface area contributed by atoms with Crippen LogP contribution in [-0.4, -0.2) is 0 Å². The van der Waals surface area contributed by atoms with Crippen LogP contribution in [-0.2, 0) is 6.42 Å². The monoisotopic (exact) mass is 572 g/mol. The van der Waals surface area contributed by atoms with E-state index in [9.17, 15) is 0 Å². The van der Waals surface area contributed by atoms with Gasteiger partial charge in [0.15, 0.2) is 0 Å². The van der Waals surface area contributed by atoms with Crippen molar-refractivity contribution in [3.05, 3.63) is 148 Å². The van der Waals surface area contributed by atoms with Gasteiger partial charge < -0.3 is 4.74 Å². The van der Waals surface area contributed by atoms with Crippen LogP contribution < -0.4 is 15.2 Å². The number of hydrogen-bond donors (Lipinski definition) is 0. The summed E-state index contributed by atoms with van der Waals surface area (Å²) in [5, 5.41) is 10.1. The van der Waals surface area contributed by atoms with Gasteiger partial charge >= 0.3 is 0 Å². The number of para-hydroxylation sites is 1. The third kappa shape index (κ3) is 3.83. The van der Waals surface area contributed by atoms with Gasteiger partial charge in [-0.2, -0.15) is 0 Å². The average Bonchev–Trinajstić information content (AvgIpc) is 3.10. The number of rotatable bonds is 2. The second-order valence-electron chi connectivity index (χ2n) is 12.6. The molecule has 0 saturated carbocycles. The first kappa shape index (κ1) is 24.8. The third-order valence-electron chi connectivity index (χ3n) is 10.1. The molecule has 1 atom stereocenters. The minimum atomic E-state index is 0.416. The second-order valence-corrected chi connectivity index (χ2v) is 12.6. The quantitative estimate of drug-likeness (QED) is 0.200. The van der Waals surface area contributed by atoms with Crippen molar-refractivity contribution < 1.29 is 4.74 Å². The van der Waals surface area contributed by atoms with E-state index in [-0.39, 0.29) is 0 Å². The Balaban J connectivity index is 1.00. The molecule has 2 aliphatic carbocycles. The Morgan fingerprint density at radius 3 is 2.58 bits per heavy atom. The maximum Gasteiger partial charge on any atom is 0.136 e. The number of ether oxygens (including phenoxy) is 1. The van der Waals surface area contributed by atoms with Gasteiger partial charge in [0.1, 0.15) is 11.5 Å². The lowest BCUT2D eigenvalue weighted by atomic mass is 9.79. The summed E-state index contributed by atoms with van der Waals surface area (Å²) in [5.74, 6) is 2.34. The van der Waals surface area contributed by atoms with E-state index >= 15 is 0 Å². The van der Waals surface area contributed by atoms with Crippen LogP contribution in [0.2, 0.25) is 0 Å². The predicted molar refractivity (Wildman–Crippen MR) is 187 cm³/mol. The number of fused-ring (bicyclic) bond motifs is 8. The van der Waals surface area contributed by atoms with E-state index in [4.69, 9.17) is 4.74 Å². The van der Waals surface area contributed by atoms with Gasteiger partial charge in [-0.25, -0.2) is 0 Å². The molecule has 10 rings (SSSR count). The van der Waals surface area contributed by atoms with E-state index < -0.39 is 0 Å². The van der Waals surface area contributed by atoms with Gasteiger partial charge in [-0.15, -0.1) is 0 Å². The largest absolute Gasteiger partial charge is 0.456 e. The molecular formula is C44H28O. The molecule has 0 bridgehead atoms. The molecule has 210 valence electrons. The van der Waals surface area contributed by atoms with Crippen LogP contribution in [0.3, 0.4) is 0 Å². The molecule has 0 aromatic heterocycles. The van der Waals surface area contributed by atoms with E-state index in [0.717, 1.165) is 36.1 Å². The maximum absolute atomic E-state index is 6.49. The molecule has 1 nitrogen and oxygen atoms in total. The summed E-state index contributed by atoms with van der Waals surface area (Å²) in [4.78, 5) is 0. The smallest absolute Gasteiger partial charge is 0.136 e. The molecule has 0 amide bonds. The van der Waals surface area contributed by atoms with E-state index in [0.29, 0.717) is 5.92 Å². The molecule has 0 fully saturated rings. The molecule has 0 N–H and O–H groups in total. The summed E-state index contributed by atoms with van der Waals surface area (Å²) in [6, 6.07) is 45.9. The highest BCUT2D eigenvalue weighted by molar-refractivity contribution is 6.08. The highest BCUT2D eigenvalue weighted by atomic mass is 16.5. The number of aryl methyl sites for hydroxylation is 1. The fraction of sp³-hybridized carbons (Fsp3) is 0.0909. The van der Waals surface area contributed by atoms with Crippen molar-refractivity contribution in [1.82, 2.24) is 0 Å². The number of allylic oxidation sites excluding steroid dienone is 1. The summed E-state index contributed by atoms with van der Waals surface area (Å²) in [6.07, 6.45) is 10.6. The summed E-state index contributed by atoms with van der Waals surface area (Å²) < 4.78 is 6.49. The summed E-state index contributed by atoms with van der Waals surface area (Å²) in [6.45, 7) is 0. The van der Waals surface area contributed by atoms with Crippen LogP contribution in [0.1, 0.15) is 24.0 Å². The van der Waals surface area contributed by atoms with Crippen LogP contribution in [0.15, 0.2) is 115 Å². The topological polar surface area (TPSA) is 9.23 Å². The van der Waals surface area contributed by atoms with Crippen molar-refractivity contribution in [3.63, 3.8) is 0 Å². The standard InChI is InChI=1S/C44H28O/c1-2-7-36-27(6-1)12-17-34-24-32(18-20-37(34)36)30-15-13-29-23-31(16-14-28(29)22-30)33-19-21-38-35(25-33)26-43-44-40(38)9-5-10-41(44)39-8-3-4-11-42(39)45-43/h2-5,7-15,17-18,20,22-26,31H,16,19,21H2. The zero-order chi connectivity index (χ0) is 29.5. The molecule has 1 heteroatoms. The first-order chi connectivity index (χ1) is 22.3. The Labute approximate surface area is 262 Å². The lowest BCUT2D eigenvalue weighted by Crippen LogP contribution is -2.29. The summed E-state index contributed by atoms with van der Waals surface area (Å²) >= 11 is 0. The van der Waals surface area contributed by atoms with Crippen LogP contribution in [0, 0.1) is 18.1 Å². The highest BCUT2D eigenvalue weighted by Gasteiger charge is 2.25. The van der Waals surface area contributed by atoms with Crippen molar-refractivity contribution in [2.45, 2.75) is 19.3 Å².